The predicted octanol–water partition coefficient (Wildman–Crippen LogP) is 5.44. The zero-order valence-electron chi connectivity index (χ0n) is 11.6. The Bertz CT molecular complexity index is 910. The van der Waals surface area contributed by atoms with Crippen molar-refractivity contribution in [3.05, 3.63) is 65.9 Å². The SMILES string of the molecule is Cc1ccc(-c2cc(C)n3c2sc2ccccc23)cc1. The topological polar surface area (TPSA) is 4.41 Å². The van der Waals surface area contributed by atoms with Crippen molar-refractivity contribution in [2.45, 2.75) is 13.8 Å². The Balaban J connectivity index is 2.07. The van der Waals surface area contributed by atoms with E-state index in [1.807, 2.05) is 11.3 Å². The lowest BCUT2D eigenvalue weighted by molar-refractivity contribution is 1.19. The van der Waals surface area contributed by atoms with Crippen LogP contribution in [-0.4, -0.2) is 4.40 Å². The highest BCUT2D eigenvalue weighted by Gasteiger charge is 2.13. The van der Waals surface area contributed by atoms with Crippen LogP contribution in [0.2, 0.25) is 0 Å². The molecule has 0 atom stereocenters. The average Bonchev–Trinajstić information content (AvgIpc) is 2.98. The quantitative estimate of drug-likeness (QED) is 0.436. The number of para-hydroxylation sites is 1. The smallest absolute Gasteiger partial charge is 0.108 e. The maximum absolute atomic E-state index is 2.37. The second kappa shape index (κ2) is 4.22. The van der Waals surface area contributed by atoms with E-state index in [1.165, 1.54) is 37.4 Å². The lowest BCUT2D eigenvalue weighted by atomic mass is 10.1. The van der Waals surface area contributed by atoms with E-state index in [4.69, 9.17) is 0 Å². The first-order valence-corrected chi connectivity index (χ1v) is 7.62. The Hall–Kier alpha value is -2.06. The number of benzene rings is 2. The number of aryl methyl sites for hydroxylation is 2. The number of aromatic nitrogens is 1. The monoisotopic (exact) mass is 277 g/mol. The Morgan fingerprint density at radius 3 is 2.45 bits per heavy atom. The maximum Gasteiger partial charge on any atom is 0.108 e. The van der Waals surface area contributed by atoms with Gasteiger partial charge in [0.15, 0.2) is 0 Å². The number of hydrogen-bond acceptors (Lipinski definition) is 1. The Morgan fingerprint density at radius 1 is 0.900 bits per heavy atom. The van der Waals surface area contributed by atoms with Gasteiger partial charge in [-0.3, -0.25) is 0 Å². The molecule has 0 aliphatic carbocycles. The van der Waals surface area contributed by atoms with E-state index in [2.05, 4.69) is 72.8 Å². The van der Waals surface area contributed by atoms with Gasteiger partial charge in [0.05, 0.1) is 10.2 Å². The van der Waals surface area contributed by atoms with Gasteiger partial charge < -0.3 is 4.40 Å². The van der Waals surface area contributed by atoms with E-state index >= 15 is 0 Å². The summed E-state index contributed by atoms with van der Waals surface area (Å²) in [5, 5.41) is 0. The van der Waals surface area contributed by atoms with E-state index in [0.29, 0.717) is 0 Å². The molecule has 0 amide bonds. The minimum atomic E-state index is 1.30. The molecule has 1 nitrogen and oxygen atoms in total. The van der Waals surface area contributed by atoms with Crippen LogP contribution in [0.15, 0.2) is 54.6 Å². The summed E-state index contributed by atoms with van der Waals surface area (Å²) in [5.41, 5.74) is 6.55. The summed E-state index contributed by atoms with van der Waals surface area (Å²) in [6.07, 6.45) is 0. The molecule has 2 heterocycles. The molecule has 0 bridgehead atoms. The molecule has 20 heavy (non-hydrogen) atoms. The van der Waals surface area contributed by atoms with Gasteiger partial charge in [0.1, 0.15) is 4.83 Å². The number of thiazole rings is 1. The Morgan fingerprint density at radius 2 is 1.65 bits per heavy atom. The zero-order chi connectivity index (χ0) is 13.7. The molecule has 0 unspecified atom stereocenters. The van der Waals surface area contributed by atoms with Crippen LogP contribution < -0.4 is 0 Å². The molecule has 0 aliphatic rings. The van der Waals surface area contributed by atoms with E-state index in [1.54, 1.807) is 0 Å². The van der Waals surface area contributed by atoms with E-state index < -0.39 is 0 Å². The number of nitrogens with zero attached hydrogens (tertiary/aromatic N) is 1. The summed E-state index contributed by atoms with van der Waals surface area (Å²) in [6, 6.07) is 19.7. The summed E-state index contributed by atoms with van der Waals surface area (Å²) in [7, 11) is 0. The fourth-order valence-electron chi connectivity index (χ4n) is 2.79. The minimum absolute atomic E-state index is 1.30. The first-order valence-electron chi connectivity index (χ1n) is 6.81. The van der Waals surface area contributed by atoms with E-state index in [-0.39, 0.29) is 0 Å². The van der Waals surface area contributed by atoms with Crippen LogP contribution in [0.3, 0.4) is 0 Å². The third-order valence-electron chi connectivity index (χ3n) is 3.81. The van der Waals surface area contributed by atoms with Gasteiger partial charge in [0.2, 0.25) is 0 Å². The van der Waals surface area contributed by atoms with Gasteiger partial charge in [-0.25, -0.2) is 0 Å². The maximum atomic E-state index is 2.37. The first kappa shape index (κ1) is 11.7. The molecule has 0 spiro atoms. The van der Waals surface area contributed by atoms with Crippen molar-refractivity contribution >= 4 is 26.4 Å². The highest BCUT2D eigenvalue weighted by atomic mass is 32.1. The molecule has 2 aromatic carbocycles. The second-order valence-electron chi connectivity index (χ2n) is 5.28. The third-order valence-corrected chi connectivity index (χ3v) is 4.98. The van der Waals surface area contributed by atoms with Crippen molar-refractivity contribution in [3.63, 3.8) is 0 Å². The molecule has 0 saturated carbocycles. The molecular formula is C18H15NS. The zero-order valence-corrected chi connectivity index (χ0v) is 12.4. The summed E-state index contributed by atoms with van der Waals surface area (Å²) in [4.78, 5) is 1.34. The van der Waals surface area contributed by atoms with Gasteiger partial charge in [-0.15, -0.1) is 11.3 Å². The molecule has 98 valence electrons. The largest absolute Gasteiger partial charge is 0.304 e. The molecule has 0 N–H and O–H groups in total. The van der Waals surface area contributed by atoms with Gasteiger partial charge in [0, 0.05) is 11.3 Å². The highest BCUT2D eigenvalue weighted by molar-refractivity contribution is 7.24. The van der Waals surface area contributed by atoms with Gasteiger partial charge in [0.25, 0.3) is 0 Å². The fourth-order valence-corrected chi connectivity index (χ4v) is 4.03. The summed E-state index contributed by atoms with van der Waals surface area (Å²) < 4.78 is 3.72. The summed E-state index contributed by atoms with van der Waals surface area (Å²) in [6.45, 7) is 4.31. The van der Waals surface area contributed by atoms with Gasteiger partial charge in [-0.05, 0) is 37.6 Å². The molecule has 2 aromatic heterocycles. The lowest BCUT2D eigenvalue weighted by Crippen LogP contribution is -1.81. The van der Waals surface area contributed by atoms with Gasteiger partial charge >= 0.3 is 0 Å². The van der Waals surface area contributed by atoms with Crippen LogP contribution in [0, 0.1) is 13.8 Å². The van der Waals surface area contributed by atoms with Crippen molar-refractivity contribution in [2.24, 2.45) is 0 Å². The Kier molecular flexibility index (Phi) is 2.48. The molecule has 0 radical (unpaired) electrons. The van der Waals surface area contributed by atoms with E-state index in [9.17, 15) is 0 Å². The van der Waals surface area contributed by atoms with Crippen LogP contribution in [-0.2, 0) is 0 Å². The third kappa shape index (κ3) is 1.61. The Labute approximate surface area is 122 Å². The fraction of sp³-hybridized carbons (Fsp3) is 0.111. The molecule has 0 saturated heterocycles. The molecule has 4 aromatic rings. The van der Waals surface area contributed by atoms with Crippen LogP contribution >= 0.6 is 11.3 Å². The molecule has 0 aliphatic heterocycles. The molecule has 4 rings (SSSR count). The van der Waals surface area contributed by atoms with Crippen molar-refractivity contribution in [3.8, 4) is 11.1 Å². The normalized spacial score (nSPS) is 11.5. The van der Waals surface area contributed by atoms with Crippen LogP contribution in [0.1, 0.15) is 11.3 Å². The first-order chi connectivity index (χ1) is 9.74. The number of rotatable bonds is 1. The van der Waals surface area contributed by atoms with Crippen LogP contribution in [0.4, 0.5) is 0 Å². The molecule has 0 fully saturated rings. The standard InChI is InChI=1S/C18H15NS/c1-12-7-9-14(10-8-12)15-11-13(2)19-16-5-3-4-6-17(16)20-18(15)19/h3-11H,1-2H3. The van der Waals surface area contributed by atoms with Crippen LogP contribution in [0.5, 0.6) is 0 Å². The van der Waals surface area contributed by atoms with Crippen molar-refractivity contribution in [2.75, 3.05) is 0 Å². The molecule has 2 heteroatoms. The average molecular weight is 277 g/mol. The minimum Gasteiger partial charge on any atom is -0.304 e. The summed E-state index contributed by atoms with van der Waals surface area (Å²) in [5.74, 6) is 0. The number of fused-ring (bicyclic) bond motifs is 3. The number of hydrogen-bond donors (Lipinski definition) is 0. The van der Waals surface area contributed by atoms with Crippen molar-refractivity contribution in [1.82, 2.24) is 4.40 Å². The summed E-state index contributed by atoms with van der Waals surface area (Å²) >= 11 is 1.87. The van der Waals surface area contributed by atoms with Gasteiger partial charge in [-0.1, -0.05) is 42.0 Å². The predicted molar refractivity (Wildman–Crippen MR) is 87.7 cm³/mol. The van der Waals surface area contributed by atoms with Gasteiger partial charge in [-0.2, -0.15) is 0 Å². The van der Waals surface area contributed by atoms with Crippen LogP contribution in [0.25, 0.3) is 26.2 Å². The second-order valence-corrected chi connectivity index (χ2v) is 6.31. The van der Waals surface area contributed by atoms with E-state index in [0.717, 1.165) is 0 Å². The highest BCUT2D eigenvalue weighted by Crippen LogP contribution is 2.36. The molecular weight excluding hydrogens is 262 g/mol. The van der Waals surface area contributed by atoms with Crippen molar-refractivity contribution < 1.29 is 0 Å². The lowest BCUT2D eigenvalue weighted by Gasteiger charge is -1.98. The van der Waals surface area contributed by atoms with Crippen molar-refractivity contribution in [1.29, 1.82) is 0 Å².